The first kappa shape index (κ1) is 17.8. The van der Waals surface area contributed by atoms with Gasteiger partial charge < -0.3 is 10.1 Å². The number of amides is 1. The third-order valence-corrected chi connectivity index (χ3v) is 4.25. The molecule has 23 heavy (non-hydrogen) atoms. The monoisotopic (exact) mass is 423 g/mol. The van der Waals surface area contributed by atoms with Crippen molar-refractivity contribution in [3.8, 4) is 5.75 Å². The van der Waals surface area contributed by atoms with Crippen LogP contribution in [0.5, 0.6) is 5.75 Å². The van der Waals surface area contributed by atoms with Crippen LogP contribution in [-0.4, -0.2) is 12.0 Å². The van der Waals surface area contributed by atoms with Crippen molar-refractivity contribution in [1.29, 1.82) is 0 Å². The molecule has 0 fully saturated rings. The first-order valence-electron chi connectivity index (χ1n) is 7.71. The number of aryl methyl sites for hydroxylation is 3. The smallest absolute Gasteiger partial charge is 0.265 e. The molecule has 0 aliphatic heterocycles. The number of hydrogen-bond donors (Lipinski definition) is 1. The third-order valence-electron chi connectivity index (χ3n) is 3.58. The molecule has 0 spiro atoms. The van der Waals surface area contributed by atoms with E-state index in [2.05, 4.69) is 34.0 Å². The Morgan fingerprint density at radius 2 is 1.78 bits per heavy atom. The van der Waals surface area contributed by atoms with E-state index in [0.717, 1.165) is 31.7 Å². The summed E-state index contributed by atoms with van der Waals surface area (Å²) in [4.78, 5) is 12.5. The molecule has 0 saturated carbocycles. The van der Waals surface area contributed by atoms with Gasteiger partial charge >= 0.3 is 0 Å². The Bertz CT molecular complexity index is 692. The van der Waals surface area contributed by atoms with E-state index in [4.69, 9.17) is 4.74 Å². The Labute approximate surface area is 151 Å². The van der Waals surface area contributed by atoms with Crippen molar-refractivity contribution in [3.05, 3.63) is 56.7 Å². The van der Waals surface area contributed by atoms with E-state index in [1.165, 1.54) is 0 Å². The molecular formula is C19H22INO2. The fourth-order valence-corrected chi connectivity index (χ4v) is 3.11. The Morgan fingerprint density at radius 3 is 2.35 bits per heavy atom. The average Bonchev–Trinajstić information content (AvgIpc) is 2.46. The van der Waals surface area contributed by atoms with Crippen LogP contribution in [-0.2, 0) is 4.79 Å². The van der Waals surface area contributed by atoms with E-state index in [1.54, 1.807) is 0 Å². The summed E-state index contributed by atoms with van der Waals surface area (Å²) < 4.78 is 7.06. The molecule has 0 bridgehead atoms. The highest BCUT2D eigenvalue weighted by molar-refractivity contribution is 14.1. The molecule has 2 aromatic rings. The number of carbonyl (C=O) groups is 1. The lowest BCUT2D eigenvalue weighted by Gasteiger charge is -2.19. The van der Waals surface area contributed by atoms with Crippen molar-refractivity contribution in [2.75, 3.05) is 5.32 Å². The fraction of sp³-hybridized carbons (Fsp3) is 0.316. The van der Waals surface area contributed by atoms with Crippen molar-refractivity contribution >= 4 is 34.2 Å². The van der Waals surface area contributed by atoms with Crippen LogP contribution in [0.25, 0.3) is 0 Å². The van der Waals surface area contributed by atoms with Gasteiger partial charge in [0.1, 0.15) is 5.75 Å². The van der Waals surface area contributed by atoms with Crippen LogP contribution < -0.4 is 10.1 Å². The maximum Gasteiger partial charge on any atom is 0.265 e. The summed E-state index contributed by atoms with van der Waals surface area (Å²) in [6.07, 6.45) is 0.109. The lowest BCUT2D eigenvalue weighted by atomic mass is 10.1. The Kier molecular flexibility index (Phi) is 6.04. The summed E-state index contributed by atoms with van der Waals surface area (Å²) in [5.74, 6) is 0.625. The van der Waals surface area contributed by atoms with Crippen molar-refractivity contribution < 1.29 is 9.53 Å². The Balaban J connectivity index is 2.12. The van der Waals surface area contributed by atoms with Crippen molar-refractivity contribution in [3.63, 3.8) is 0 Å². The van der Waals surface area contributed by atoms with Crippen LogP contribution in [0, 0.1) is 24.3 Å². The number of ether oxygens (including phenoxy) is 1. The van der Waals surface area contributed by atoms with Gasteiger partial charge in [-0.05, 0) is 96.8 Å². The summed E-state index contributed by atoms with van der Waals surface area (Å²) >= 11 is 2.26. The van der Waals surface area contributed by atoms with Crippen LogP contribution in [0.3, 0.4) is 0 Å². The van der Waals surface area contributed by atoms with E-state index in [-0.39, 0.29) is 5.91 Å². The Hall–Kier alpha value is -1.56. The SMILES string of the molecule is CCC(Oc1cc(C)cc(C)c1)C(=O)Nc1ccc(I)cc1C. The van der Waals surface area contributed by atoms with E-state index < -0.39 is 6.10 Å². The van der Waals surface area contributed by atoms with E-state index in [1.807, 2.05) is 58.0 Å². The molecule has 0 aliphatic carbocycles. The molecule has 2 rings (SSSR count). The van der Waals surface area contributed by atoms with Gasteiger partial charge in [0, 0.05) is 9.26 Å². The molecule has 1 N–H and O–H groups in total. The molecule has 0 aliphatic rings. The van der Waals surface area contributed by atoms with Gasteiger partial charge in [0.05, 0.1) is 0 Å². The van der Waals surface area contributed by atoms with E-state index >= 15 is 0 Å². The van der Waals surface area contributed by atoms with Gasteiger partial charge in [-0.3, -0.25) is 4.79 Å². The van der Waals surface area contributed by atoms with E-state index in [9.17, 15) is 4.79 Å². The zero-order valence-electron chi connectivity index (χ0n) is 13.9. The van der Waals surface area contributed by atoms with Crippen molar-refractivity contribution in [1.82, 2.24) is 0 Å². The second kappa shape index (κ2) is 7.81. The predicted molar refractivity (Wildman–Crippen MR) is 103 cm³/mol. The van der Waals surface area contributed by atoms with Crippen LogP contribution >= 0.6 is 22.6 Å². The maximum atomic E-state index is 12.5. The van der Waals surface area contributed by atoms with Crippen molar-refractivity contribution in [2.45, 2.75) is 40.2 Å². The molecule has 0 heterocycles. The maximum absolute atomic E-state index is 12.5. The first-order valence-corrected chi connectivity index (χ1v) is 8.79. The van der Waals surface area contributed by atoms with Gasteiger partial charge in [0.2, 0.25) is 0 Å². The van der Waals surface area contributed by atoms with Gasteiger partial charge in [-0.1, -0.05) is 13.0 Å². The number of carbonyl (C=O) groups excluding carboxylic acids is 1. The molecule has 3 nitrogen and oxygen atoms in total. The summed E-state index contributed by atoms with van der Waals surface area (Å²) in [6.45, 7) is 7.99. The highest BCUT2D eigenvalue weighted by atomic mass is 127. The van der Waals surface area contributed by atoms with Gasteiger partial charge in [0.25, 0.3) is 5.91 Å². The highest BCUT2D eigenvalue weighted by Crippen LogP contribution is 2.21. The van der Waals surface area contributed by atoms with Gasteiger partial charge in [-0.15, -0.1) is 0 Å². The minimum absolute atomic E-state index is 0.115. The topological polar surface area (TPSA) is 38.3 Å². The van der Waals surface area contributed by atoms with E-state index in [0.29, 0.717) is 6.42 Å². The molecule has 1 atom stereocenters. The number of nitrogens with one attached hydrogen (secondary N) is 1. The lowest BCUT2D eigenvalue weighted by Crippen LogP contribution is -2.32. The third kappa shape index (κ3) is 4.96. The minimum atomic E-state index is -0.505. The van der Waals surface area contributed by atoms with Crippen LogP contribution in [0.2, 0.25) is 0 Å². The van der Waals surface area contributed by atoms with Gasteiger partial charge in [0.15, 0.2) is 6.10 Å². The second-order valence-electron chi connectivity index (χ2n) is 5.79. The standard InChI is InChI=1S/C19H22INO2/c1-5-18(23-16-9-12(2)8-13(3)10-16)19(22)21-17-7-6-15(20)11-14(17)4/h6-11,18H,5H2,1-4H3,(H,21,22). The van der Waals surface area contributed by atoms with Crippen LogP contribution in [0.1, 0.15) is 30.0 Å². The average molecular weight is 423 g/mol. The molecule has 4 heteroatoms. The Morgan fingerprint density at radius 1 is 1.13 bits per heavy atom. The number of hydrogen-bond acceptors (Lipinski definition) is 2. The number of halogens is 1. The normalized spacial score (nSPS) is 11.9. The highest BCUT2D eigenvalue weighted by Gasteiger charge is 2.19. The molecule has 0 saturated heterocycles. The largest absolute Gasteiger partial charge is 0.481 e. The summed E-state index contributed by atoms with van der Waals surface area (Å²) in [5.41, 5.74) is 4.14. The van der Waals surface area contributed by atoms with Gasteiger partial charge in [-0.25, -0.2) is 0 Å². The first-order chi connectivity index (χ1) is 10.9. The fourth-order valence-electron chi connectivity index (χ4n) is 2.47. The summed E-state index contributed by atoms with van der Waals surface area (Å²) in [5, 5.41) is 2.97. The molecule has 0 aromatic heterocycles. The van der Waals surface area contributed by atoms with Gasteiger partial charge in [-0.2, -0.15) is 0 Å². The number of benzene rings is 2. The van der Waals surface area contributed by atoms with Crippen LogP contribution in [0.4, 0.5) is 5.69 Å². The molecule has 1 unspecified atom stereocenters. The number of anilines is 1. The quantitative estimate of drug-likeness (QED) is 0.687. The minimum Gasteiger partial charge on any atom is -0.481 e. The zero-order valence-corrected chi connectivity index (χ0v) is 16.1. The molecular weight excluding hydrogens is 401 g/mol. The zero-order chi connectivity index (χ0) is 17.0. The summed E-state index contributed by atoms with van der Waals surface area (Å²) in [7, 11) is 0. The molecule has 1 amide bonds. The predicted octanol–water partition coefficient (Wildman–Crippen LogP) is 5.01. The molecule has 122 valence electrons. The summed E-state index contributed by atoms with van der Waals surface area (Å²) in [6, 6.07) is 12.0. The molecule has 0 radical (unpaired) electrons. The van der Waals surface area contributed by atoms with Crippen molar-refractivity contribution in [2.24, 2.45) is 0 Å². The molecule has 2 aromatic carbocycles. The second-order valence-corrected chi connectivity index (χ2v) is 7.03. The lowest BCUT2D eigenvalue weighted by molar-refractivity contribution is -0.122. The van der Waals surface area contributed by atoms with Crippen LogP contribution in [0.15, 0.2) is 36.4 Å². The number of rotatable bonds is 5.